The highest BCUT2D eigenvalue weighted by Gasteiger charge is 2.34. The number of nitrogens with zero attached hydrogens (tertiary/aromatic N) is 3. The number of hydrogen-bond acceptors (Lipinski definition) is 6. The van der Waals surface area contributed by atoms with Crippen molar-refractivity contribution >= 4 is 27.4 Å². The summed E-state index contributed by atoms with van der Waals surface area (Å²) in [5.74, 6) is 0. The van der Waals surface area contributed by atoms with Gasteiger partial charge in [0.25, 0.3) is 0 Å². The van der Waals surface area contributed by atoms with Crippen molar-refractivity contribution in [1.29, 1.82) is 5.26 Å². The van der Waals surface area contributed by atoms with E-state index in [9.17, 15) is 9.11 Å². The summed E-state index contributed by atoms with van der Waals surface area (Å²) >= 11 is 0. The van der Waals surface area contributed by atoms with Crippen molar-refractivity contribution < 1.29 is 9.11 Å². The Balaban J connectivity index is 2.13. The van der Waals surface area contributed by atoms with Gasteiger partial charge in [0.05, 0.1) is 11.7 Å². The van der Waals surface area contributed by atoms with Crippen LogP contribution in [0.15, 0.2) is 30.5 Å². The van der Waals surface area contributed by atoms with E-state index >= 15 is 0 Å². The average Bonchev–Trinajstić information content (AvgIpc) is 2.71. The smallest absolute Gasteiger partial charge is 0.148 e. The molecule has 0 unspecified atom stereocenters. The van der Waals surface area contributed by atoms with Crippen LogP contribution in [-0.4, -0.2) is 26.7 Å². The standard InChI is InChI=1S/C13H14N4O2S/c1-9-8-16-20(18,19)17(9)11-2-3-12-10(6-11)4-5-15-13(12)7-14/h2-6,9,16,18-19H,8H2,1H3/t9-/m0/s1. The van der Waals surface area contributed by atoms with Gasteiger partial charge in [0, 0.05) is 18.1 Å². The predicted octanol–water partition coefficient (Wildman–Crippen LogP) is 2.49. The van der Waals surface area contributed by atoms with Gasteiger partial charge >= 0.3 is 0 Å². The summed E-state index contributed by atoms with van der Waals surface area (Å²) in [6.45, 7) is 2.44. The third-order valence-electron chi connectivity index (χ3n) is 3.36. The van der Waals surface area contributed by atoms with Crippen molar-refractivity contribution in [3.8, 4) is 6.07 Å². The molecule has 7 heteroatoms. The van der Waals surface area contributed by atoms with Crippen molar-refractivity contribution in [2.45, 2.75) is 13.0 Å². The second-order valence-electron chi connectivity index (χ2n) is 4.72. The normalized spacial score (nSPS) is 22.7. The van der Waals surface area contributed by atoms with Crippen molar-refractivity contribution in [2.75, 3.05) is 10.8 Å². The fourth-order valence-corrected chi connectivity index (χ4v) is 4.02. The number of pyridine rings is 1. The molecule has 0 spiro atoms. The number of rotatable bonds is 1. The first kappa shape index (κ1) is 13.1. The van der Waals surface area contributed by atoms with E-state index in [-0.39, 0.29) is 6.04 Å². The van der Waals surface area contributed by atoms with Crippen LogP contribution in [0, 0.1) is 11.3 Å². The van der Waals surface area contributed by atoms with Crippen LogP contribution in [0.3, 0.4) is 0 Å². The van der Waals surface area contributed by atoms with Crippen LogP contribution in [0.4, 0.5) is 5.69 Å². The number of aromatic nitrogens is 1. The second-order valence-corrected chi connectivity index (χ2v) is 6.44. The first-order chi connectivity index (χ1) is 9.53. The molecule has 3 rings (SSSR count). The van der Waals surface area contributed by atoms with Gasteiger partial charge in [-0.25, -0.2) is 4.98 Å². The Kier molecular flexibility index (Phi) is 3.03. The molecular formula is C13H14N4O2S. The Labute approximate surface area is 118 Å². The van der Waals surface area contributed by atoms with Gasteiger partial charge in [-0.15, -0.1) is 0 Å². The van der Waals surface area contributed by atoms with Gasteiger partial charge in [0.2, 0.25) is 0 Å². The molecule has 3 N–H and O–H groups in total. The van der Waals surface area contributed by atoms with Gasteiger partial charge < -0.3 is 0 Å². The average molecular weight is 290 g/mol. The van der Waals surface area contributed by atoms with Crippen molar-refractivity contribution in [1.82, 2.24) is 9.71 Å². The maximum atomic E-state index is 10.0. The maximum absolute atomic E-state index is 10.0. The first-order valence-corrected chi connectivity index (χ1v) is 7.64. The van der Waals surface area contributed by atoms with Crippen molar-refractivity contribution in [3.63, 3.8) is 0 Å². The van der Waals surface area contributed by atoms with Crippen LogP contribution in [0.25, 0.3) is 10.8 Å². The van der Waals surface area contributed by atoms with Gasteiger partial charge in [-0.3, -0.25) is 13.4 Å². The van der Waals surface area contributed by atoms with Crippen LogP contribution in [0.2, 0.25) is 0 Å². The highest BCUT2D eigenvalue weighted by atomic mass is 32.3. The van der Waals surface area contributed by atoms with E-state index < -0.39 is 11.0 Å². The fraction of sp³-hybridized carbons (Fsp3) is 0.231. The van der Waals surface area contributed by atoms with E-state index in [1.165, 1.54) is 0 Å². The lowest BCUT2D eigenvalue weighted by atomic mass is 10.1. The third kappa shape index (κ3) is 1.99. The van der Waals surface area contributed by atoms with Gasteiger partial charge in [0.15, 0.2) is 0 Å². The van der Waals surface area contributed by atoms with E-state index in [1.54, 1.807) is 28.7 Å². The molecule has 6 nitrogen and oxygen atoms in total. The first-order valence-electron chi connectivity index (χ1n) is 6.14. The highest BCUT2D eigenvalue weighted by molar-refractivity contribution is 8.24. The monoisotopic (exact) mass is 290 g/mol. The Bertz CT molecular complexity index is 713. The quantitative estimate of drug-likeness (QED) is 0.747. The number of benzene rings is 1. The largest absolute Gasteiger partial charge is 0.269 e. The maximum Gasteiger partial charge on any atom is 0.148 e. The lowest BCUT2D eigenvalue weighted by Crippen LogP contribution is -2.29. The molecule has 0 bridgehead atoms. The Morgan fingerprint density at radius 2 is 2.25 bits per heavy atom. The van der Waals surface area contributed by atoms with Gasteiger partial charge in [-0.05, 0) is 36.6 Å². The molecule has 1 atom stereocenters. The molecule has 1 fully saturated rings. The minimum atomic E-state index is -2.97. The Hall–Kier alpha value is -1.85. The zero-order valence-electron chi connectivity index (χ0n) is 10.8. The van der Waals surface area contributed by atoms with Crippen molar-refractivity contribution in [2.24, 2.45) is 0 Å². The Morgan fingerprint density at radius 1 is 1.45 bits per heavy atom. The van der Waals surface area contributed by atoms with E-state index in [0.717, 1.165) is 10.8 Å². The second kappa shape index (κ2) is 4.61. The summed E-state index contributed by atoms with van der Waals surface area (Å²) in [6.07, 6.45) is 1.58. The molecule has 1 aliphatic rings. The summed E-state index contributed by atoms with van der Waals surface area (Å²) in [7, 11) is -2.97. The van der Waals surface area contributed by atoms with E-state index in [1.807, 2.05) is 13.0 Å². The molecule has 1 aromatic heterocycles. The molecule has 2 aromatic rings. The molecule has 104 valence electrons. The number of nitriles is 1. The minimum absolute atomic E-state index is 0.0188. The molecule has 1 saturated heterocycles. The summed E-state index contributed by atoms with van der Waals surface area (Å²) in [6, 6.07) is 9.25. The SMILES string of the molecule is C[C@H]1CNS(O)(O)N1c1ccc2c(C#N)nccc2c1. The molecule has 1 aliphatic heterocycles. The minimum Gasteiger partial charge on any atom is -0.269 e. The van der Waals surface area contributed by atoms with E-state index in [0.29, 0.717) is 17.9 Å². The molecule has 1 aromatic carbocycles. The summed E-state index contributed by atoms with van der Waals surface area (Å²) < 4.78 is 24.4. The van der Waals surface area contributed by atoms with E-state index in [2.05, 4.69) is 15.8 Å². The van der Waals surface area contributed by atoms with Crippen molar-refractivity contribution in [3.05, 3.63) is 36.2 Å². The molecule has 20 heavy (non-hydrogen) atoms. The summed E-state index contributed by atoms with van der Waals surface area (Å²) in [4.78, 5) is 4.02. The summed E-state index contributed by atoms with van der Waals surface area (Å²) in [5.41, 5.74) is 1.08. The predicted molar refractivity (Wildman–Crippen MR) is 79.3 cm³/mol. The zero-order chi connectivity index (χ0) is 14.3. The number of anilines is 1. The van der Waals surface area contributed by atoms with Crippen LogP contribution in [0.5, 0.6) is 0 Å². The van der Waals surface area contributed by atoms with Gasteiger partial charge in [0.1, 0.15) is 11.8 Å². The van der Waals surface area contributed by atoms with Gasteiger partial charge in [-0.2, -0.15) is 9.98 Å². The molecule has 0 radical (unpaired) electrons. The lowest BCUT2D eigenvalue weighted by Gasteiger charge is -2.39. The zero-order valence-corrected chi connectivity index (χ0v) is 11.6. The molecular weight excluding hydrogens is 276 g/mol. The van der Waals surface area contributed by atoms with Crippen LogP contribution in [-0.2, 0) is 0 Å². The van der Waals surface area contributed by atoms with Gasteiger partial charge in [-0.1, -0.05) is 11.0 Å². The van der Waals surface area contributed by atoms with E-state index in [4.69, 9.17) is 5.26 Å². The third-order valence-corrected chi connectivity index (χ3v) is 5.03. The number of fused-ring (bicyclic) bond motifs is 1. The molecule has 2 heterocycles. The molecule has 0 saturated carbocycles. The topological polar surface area (TPSA) is 92.4 Å². The number of hydrogen-bond donors (Lipinski definition) is 3. The van der Waals surface area contributed by atoms with Crippen LogP contribution < -0.4 is 9.03 Å². The lowest BCUT2D eigenvalue weighted by molar-refractivity contribution is 0.480. The summed E-state index contributed by atoms with van der Waals surface area (Å²) in [5, 5.41) is 10.6. The Morgan fingerprint density at radius 3 is 2.90 bits per heavy atom. The van der Waals surface area contributed by atoms with Crippen LogP contribution >= 0.6 is 11.0 Å². The molecule has 0 amide bonds. The number of nitrogens with one attached hydrogen (secondary N) is 1. The highest BCUT2D eigenvalue weighted by Crippen LogP contribution is 2.48. The van der Waals surface area contributed by atoms with Crippen LogP contribution in [0.1, 0.15) is 12.6 Å². The fourth-order valence-electron chi connectivity index (χ4n) is 2.43. The molecule has 0 aliphatic carbocycles.